The van der Waals surface area contributed by atoms with E-state index >= 15 is 0 Å². The van der Waals surface area contributed by atoms with Gasteiger partial charge < -0.3 is 0 Å². The number of benzene rings is 1. The molecular weight excluding hydrogens is 316 g/mol. The molecule has 0 saturated heterocycles. The lowest BCUT2D eigenvalue weighted by Crippen LogP contribution is -2.33. The quantitative estimate of drug-likeness (QED) is 0.640. The van der Waals surface area contributed by atoms with Gasteiger partial charge >= 0.3 is 0 Å². The maximum Gasteiger partial charge on any atom is 0.289 e. The number of sulfonamides is 1. The van der Waals surface area contributed by atoms with Gasteiger partial charge in [0.2, 0.25) is 10.0 Å². The van der Waals surface area contributed by atoms with Crippen LogP contribution < -0.4 is 4.72 Å². The molecule has 0 heterocycles. The zero-order valence-electron chi connectivity index (χ0n) is 11.8. The minimum atomic E-state index is -3.79. The zero-order valence-corrected chi connectivity index (χ0v) is 13.4. The summed E-state index contributed by atoms with van der Waals surface area (Å²) >= 11 is 5.77. The van der Waals surface area contributed by atoms with Gasteiger partial charge in [0, 0.05) is 12.1 Å². The van der Waals surface area contributed by atoms with Crippen LogP contribution in [0.2, 0.25) is 5.02 Å². The van der Waals surface area contributed by atoms with E-state index in [4.69, 9.17) is 11.6 Å². The molecule has 0 bridgehead atoms. The molecule has 1 saturated carbocycles. The van der Waals surface area contributed by atoms with Gasteiger partial charge in [0.25, 0.3) is 5.69 Å². The SMILES string of the molecule is Cc1cc(Cl)c([N+](=O)[O-])cc1S(=O)(=O)NC(C)CC1CC1. The Balaban J connectivity index is 2.29. The van der Waals surface area contributed by atoms with E-state index < -0.39 is 20.6 Å². The van der Waals surface area contributed by atoms with E-state index in [2.05, 4.69) is 4.72 Å². The molecule has 1 aromatic carbocycles. The number of hydrogen-bond acceptors (Lipinski definition) is 4. The minimum Gasteiger partial charge on any atom is -0.258 e. The van der Waals surface area contributed by atoms with Crippen molar-refractivity contribution in [2.75, 3.05) is 0 Å². The van der Waals surface area contributed by atoms with Gasteiger partial charge in [-0.25, -0.2) is 13.1 Å². The van der Waals surface area contributed by atoms with Crippen LogP contribution in [0.4, 0.5) is 5.69 Å². The van der Waals surface area contributed by atoms with Gasteiger partial charge in [0.05, 0.1) is 9.82 Å². The van der Waals surface area contributed by atoms with Crippen LogP contribution in [0.5, 0.6) is 0 Å². The zero-order chi connectivity index (χ0) is 15.8. The molecule has 0 amide bonds. The van der Waals surface area contributed by atoms with Crippen LogP contribution in [0.25, 0.3) is 0 Å². The Morgan fingerprint density at radius 1 is 1.48 bits per heavy atom. The third-order valence-corrected chi connectivity index (χ3v) is 5.51. The highest BCUT2D eigenvalue weighted by Gasteiger charge is 2.28. The van der Waals surface area contributed by atoms with Crippen molar-refractivity contribution < 1.29 is 13.3 Å². The number of nitrogens with one attached hydrogen (secondary N) is 1. The minimum absolute atomic E-state index is 0.0671. The molecule has 1 atom stereocenters. The Hall–Kier alpha value is -1.18. The van der Waals surface area contributed by atoms with Crippen LogP contribution in [0.1, 0.15) is 31.7 Å². The normalized spacial score (nSPS) is 16.7. The van der Waals surface area contributed by atoms with Gasteiger partial charge in [-0.15, -0.1) is 0 Å². The third kappa shape index (κ3) is 3.93. The lowest BCUT2D eigenvalue weighted by Gasteiger charge is -2.15. The molecule has 8 heteroatoms. The van der Waals surface area contributed by atoms with Crippen LogP contribution in [-0.2, 0) is 10.0 Å². The second-order valence-electron chi connectivity index (χ2n) is 5.53. The summed E-state index contributed by atoms with van der Waals surface area (Å²) in [5, 5.41) is 10.8. The van der Waals surface area contributed by atoms with Gasteiger partial charge in [-0.3, -0.25) is 10.1 Å². The lowest BCUT2D eigenvalue weighted by molar-refractivity contribution is -0.384. The first-order valence-corrected chi connectivity index (χ1v) is 8.53. The number of nitrogens with zero attached hydrogens (tertiary/aromatic N) is 1. The van der Waals surface area contributed by atoms with E-state index in [1.54, 1.807) is 13.8 Å². The van der Waals surface area contributed by atoms with Gasteiger partial charge in [-0.1, -0.05) is 24.4 Å². The van der Waals surface area contributed by atoms with E-state index in [9.17, 15) is 18.5 Å². The molecule has 1 aromatic rings. The number of nitro groups is 1. The molecule has 0 aliphatic heterocycles. The monoisotopic (exact) mass is 332 g/mol. The van der Waals surface area contributed by atoms with Crippen LogP contribution in [0, 0.1) is 23.0 Å². The molecule has 21 heavy (non-hydrogen) atoms. The topological polar surface area (TPSA) is 89.3 Å². The van der Waals surface area contributed by atoms with Crippen molar-refractivity contribution in [1.29, 1.82) is 0 Å². The molecule has 0 radical (unpaired) electrons. The third-order valence-electron chi connectivity index (χ3n) is 3.47. The van der Waals surface area contributed by atoms with E-state index in [1.165, 1.54) is 6.07 Å². The van der Waals surface area contributed by atoms with Crippen LogP contribution in [0.3, 0.4) is 0 Å². The molecule has 1 N–H and O–H groups in total. The molecule has 0 aromatic heterocycles. The van der Waals surface area contributed by atoms with E-state index in [-0.39, 0.29) is 16.0 Å². The van der Waals surface area contributed by atoms with Crippen molar-refractivity contribution in [3.05, 3.63) is 32.8 Å². The first-order valence-electron chi connectivity index (χ1n) is 6.67. The highest BCUT2D eigenvalue weighted by atomic mass is 35.5. The molecule has 1 unspecified atom stereocenters. The van der Waals surface area contributed by atoms with E-state index in [0.717, 1.165) is 25.3 Å². The van der Waals surface area contributed by atoms with Crippen molar-refractivity contribution in [3.8, 4) is 0 Å². The van der Waals surface area contributed by atoms with Crippen LogP contribution in [0.15, 0.2) is 17.0 Å². The molecular formula is C13H17ClN2O4S. The largest absolute Gasteiger partial charge is 0.289 e. The van der Waals surface area contributed by atoms with Crippen molar-refractivity contribution in [3.63, 3.8) is 0 Å². The average molecular weight is 333 g/mol. The summed E-state index contributed by atoms with van der Waals surface area (Å²) < 4.78 is 27.3. The summed E-state index contributed by atoms with van der Waals surface area (Å²) in [5.41, 5.74) is -0.0193. The van der Waals surface area contributed by atoms with Gasteiger partial charge in [-0.05, 0) is 37.8 Å². The van der Waals surface area contributed by atoms with E-state index in [0.29, 0.717) is 11.5 Å². The summed E-state index contributed by atoms with van der Waals surface area (Å²) in [5.74, 6) is 0.586. The van der Waals surface area contributed by atoms with Crippen molar-refractivity contribution in [2.45, 2.75) is 44.0 Å². The maximum absolute atomic E-state index is 12.4. The van der Waals surface area contributed by atoms with Crippen LogP contribution in [-0.4, -0.2) is 19.4 Å². The Bertz CT molecular complexity index is 671. The number of aryl methyl sites for hydroxylation is 1. The van der Waals surface area contributed by atoms with Gasteiger partial charge in [-0.2, -0.15) is 0 Å². The fourth-order valence-corrected chi connectivity index (χ4v) is 4.09. The first kappa shape index (κ1) is 16.2. The van der Waals surface area contributed by atoms with Crippen LogP contribution >= 0.6 is 11.6 Å². The molecule has 6 nitrogen and oxygen atoms in total. The predicted molar refractivity (Wildman–Crippen MR) is 80.0 cm³/mol. The lowest BCUT2D eigenvalue weighted by atomic mass is 10.2. The fourth-order valence-electron chi connectivity index (χ4n) is 2.30. The number of rotatable bonds is 6. The highest BCUT2D eigenvalue weighted by Crippen LogP contribution is 2.34. The van der Waals surface area contributed by atoms with Crippen molar-refractivity contribution >= 4 is 27.3 Å². The standard InChI is InChI=1S/C13H17ClN2O4S/c1-8-5-11(14)12(16(17)18)7-13(8)21(19,20)15-9(2)6-10-3-4-10/h5,7,9-10,15H,3-4,6H2,1-2H3. The second-order valence-corrected chi connectivity index (χ2v) is 7.62. The van der Waals surface area contributed by atoms with Gasteiger partial charge in [0.1, 0.15) is 5.02 Å². The summed E-state index contributed by atoms with van der Waals surface area (Å²) in [4.78, 5) is 10.1. The number of nitro benzene ring substituents is 1. The molecule has 1 aliphatic rings. The number of hydrogen-bond donors (Lipinski definition) is 1. The van der Waals surface area contributed by atoms with E-state index in [1.807, 2.05) is 0 Å². The summed E-state index contributed by atoms with van der Waals surface area (Å²) in [6.45, 7) is 3.37. The number of halogens is 1. The Morgan fingerprint density at radius 2 is 2.10 bits per heavy atom. The van der Waals surface area contributed by atoms with Crippen molar-refractivity contribution in [1.82, 2.24) is 4.72 Å². The fraction of sp³-hybridized carbons (Fsp3) is 0.538. The summed E-state index contributed by atoms with van der Waals surface area (Å²) in [6.07, 6.45) is 3.06. The molecule has 1 fully saturated rings. The molecule has 116 valence electrons. The molecule has 0 spiro atoms. The average Bonchev–Trinajstić information content (AvgIpc) is 3.10. The van der Waals surface area contributed by atoms with Gasteiger partial charge in [0.15, 0.2) is 0 Å². The Labute approximate surface area is 128 Å². The Kier molecular flexibility index (Phi) is 4.55. The van der Waals surface area contributed by atoms with Crippen molar-refractivity contribution in [2.24, 2.45) is 5.92 Å². The summed E-state index contributed by atoms with van der Waals surface area (Å²) in [6, 6.07) is 2.13. The second kappa shape index (κ2) is 5.90. The predicted octanol–water partition coefficient (Wildman–Crippen LogP) is 3.02. The summed E-state index contributed by atoms with van der Waals surface area (Å²) in [7, 11) is -3.79. The maximum atomic E-state index is 12.4. The highest BCUT2D eigenvalue weighted by molar-refractivity contribution is 7.89. The first-order chi connectivity index (χ1) is 9.70. The molecule has 1 aliphatic carbocycles. The smallest absolute Gasteiger partial charge is 0.258 e. The Morgan fingerprint density at radius 3 is 2.62 bits per heavy atom. The molecule has 2 rings (SSSR count).